The lowest BCUT2D eigenvalue weighted by molar-refractivity contribution is 0.374. The van der Waals surface area contributed by atoms with E-state index in [1.54, 1.807) is 0 Å². The van der Waals surface area contributed by atoms with Gasteiger partial charge in [0, 0.05) is 37.8 Å². The Balaban J connectivity index is 1.94. The maximum atomic E-state index is 5.10. The molecule has 0 saturated heterocycles. The van der Waals surface area contributed by atoms with Crippen molar-refractivity contribution in [1.82, 2.24) is 30.6 Å². The average molecular weight is 319 g/mol. The highest BCUT2D eigenvalue weighted by atomic mass is 16.5. The van der Waals surface area contributed by atoms with Crippen LogP contribution in [-0.4, -0.2) is 39.0 Å². The van der Waals surface area contributed by atoms with Crippen molar-refractivity contribution in [2.45, 2.75) is 40.7 Å². The van der Waals surface area contributed by atoms with E-state index in [1.165, 1.54) is 0 Å². The lowest BCUT2D eigenvalue weighted by Gasteiger charge is -2.10. The van der Waals surface area contributed by atoms with Crippen LogP contribution in [0.2, 0.25) is 0 Å². The molecule has 2 rings (SSSR count). The number of nitrogens with one attached hydrogen (secondary N) is 2. The molecule has 23 heavy (non-hydrogen) atoms. The van der Waals surface area contributed by atoms with Crippen molar-refractivity contribution in [1.29, 1.82) is 0 Å². The van der Waals surface area contributed by atoms with Crippen LogP contribution in [0.4, 0.5) is 0 Å². The lowest BCUT2D eigenvalue weighted by atomic mass is 10.2. The van der Waals surface area contributed by atoms with E-state index in [0.717, 1.165) is 29.5 Å². The number of aryl methyl sites for hydroxylation is 3. The van der Waals surface area contributed by atoms with Crippen LogP contribution in [-0.2, 0) is 20.0 Å². The summed E-state index contributed by atoms with van der Waals surface area (Å²) < 4.78 is 6.98. The summed E-state index contributed by atoms with van der Waals surface area (Å²) in [7, 11) is 1.95. The van der Waals surface area contributed by atoms with E-state index in [0.29, 0.717) is 31.2 Å². The molecule has 0 unspecified atom stereocenters. The molecule has 0 fully saturated rings. The van der Waals surface area contributed by atoms with Gasteiger partial charge < -0.3 is 15.2 Å². The van der Waals surface area contributed by atoms with Crippen LogP contribution in [0.5, 0.6) is 0 Å². The van der Waals surface area contributed by atoms with Crippen molar-refractivity contribution >= 4 is 5.96 Å². The fourth-order valence-electron chi connectivity index (χ4n) is 2.28. The summed E-state index contributed by atoms with van der Waals surface area (Å²) in [5.74, 6) is 2.05. The summed E-state index contributed by atoms with van der Waals surface area (Å²) in [6.07, 6.45) is 0.663. The third-order valence-electron chi connectivity index (χ3n) is 3.60. The van der Waals surface area contributed by atoms with Crippen LogP contribution in [0.1, 0.15) is 35.6 Å². The summed E-state index contributed by atoms with van der Waals surface area (Å²) in [6.45, 7) is 10.00. The van der Waals surface area contributed by atoms with E-state index < -0.39 is 0 Å². The smallest absolute Gasteiger partial charge is 0.228 e. The monoisotopic (exact) mass is 319 g/mol. The molecule has 0 radical (unpaired) electrons. The number of nitrogens with zero attached hydrogens (tertiary/aromatic N) is 5. The van der Waals surface area contributed by atoms with Gasteiger partial charge in [0.1, 0.15) is 0 Å². The summed E-state index contributed by atoms with van der Waals surface area (Å²) >= 11 is 0. The molecule has 0 atom stereocenters. The number of guanidine groups is 1. The molecule has 0 amide bonds. The van der Waals surface area contributed by atoms with Gasteiger partial charge in [0.25, 0.3) is 0 Å². The van der Waals surface area contributed by atoms with Gasteiger partial charge in [-0.1, -0.05) is 5.16 Å². The molecule has 0 aliphatic carbocycles. The number of aromatic nitrogens is 4. The second kappa shape index (κ2) is 7.75. The van der Waals surface area contributed by atoms with Crippen LogP contribution in [0.25, 0.3) is 0 Å². The molecule has 0 aliphatic heterocycles. The van der Waals surface area contributed by atoms with Crippen LogP contribution < -0.4 is 10.6 Å². The first-order valence-electron chi connectivity index (χ1n) is 7.81. The highest BCUT2D eigenvalue weighted by Crippen LogP contribution is 2.12. The highest BCUT2D eigenvalue weighted by Gasteiger charge is 2.09. The van der Waals surface area contributed by atoms with Crippen LogP contribution in [0.15, 0.2) is 9.52 Å². The topological polar surface area (TPSA) is 93.2 Å². The maximum absolute atomic E-state index is 5.10. The Bertz CT molecular complexity index is 671. The Hall–Kier alpha value is -2.38. The summed E-state index contributed by atoms with van der Waals surface area (Å²) in [5.41, 5.74) is 3.33. The number of rotatable bonds is 6. The predicted octanol–water partition coefficient (Wildman–Crippen LogP) is 1.03. The summed E-state index contributed by atoms with van der Waals surface area (Å²) in [4.78, 5) is 8.81. The second-order valence-electron chi connectivity index (χ2n) is 5.38. The molecule has 0 aliphatic rings. The first kappa shape index (κ1) is 17.0. The predicted molar refractivity (Wildman–Crippen MR) is 88.2 cm³/mol. The fourth-order valence-corrected chi connectivity index (χ4v) is 2.28. The average Bonchev–Trinajstić information content (AvgIpc) is 3.01. The van der Waals surface area contributed by atoms with Crippen LogP contribution >= 0.6 is 0 Å². The normalized spacial score (nSPS) is 11.8. The van der Waals surface area contributed by atoms with Crippen molar-refractivity contribution < 1.29 is 4.52 Å². The molecule has 8 heteroatoms. The third-order valence-corrected chi connectivity index (χ3v) is 3.60. The van der Waals surface area contributed by atoms with Gasteiger partial charge in [-0.2, -0.15) is 10.1 Å². The van der Waals surface area contributed by atoms with Crippen molar-refractivity contribution in [2.24, 2.45) is 12.0 Å². The summed E-state index contributed by atoms with van der Waals surface area (Å²) in [6, 6.07) is 0. The Morgan fingerprint density at radius 1 is 1.26 bits per heavy atom. The van der Waals surface area contributed by atoms with E-state index in [9.17, 15) is 0 Å². The van der Waals surface area contributed by atoms with Crippen LogP contribution in [0.3, 0.4) is 0 Å². The highest BCUT2D eigenvalue weighted by molar-refractivity contribution is 5.79. The Kier molecular flexibility index (Phi) is 5.72. The fraction of sp³-hybridized carbons (Fsp3) is 0.600. The Morgan fingerprint density at radius 3 is 2.61 bits per heavy atom. The third kappa shape index (κ3) is 4.54. The second-order valence-corrected chi connectivity index (χ2v) is 5.38. The molecule has 2 aromatic heterocycles. The van der Waals surface area contributed by atoms with E-state index in [4.69, 9.17) is 4.52 Å². The van der Waals surface area contributed by atoms with E-state index >= 15 is 0 Å². The SMILES string of the molecule is CCNC(=NCc1c(C)nn(C)c1C)NCCc1nc(C)no1. The van der Waals surface area contributed by atoms with Gasteiger partial charge in [-0.25, -0.2) is 4.99 Å². The minimum absolute atomic E-state index is 0.598. The molecular weight excluding hydrogens is 294 g/mol. The van der Waals surface area contributed by atoms with Gasteiger partial charge in [0.2, 0.25) is 5.89 Å². The van der Waals surface area contributed by atoms with E-state index in [1.807, 2.05) is 32.5 Å². The Morgan fingerprint density at radius 2 is 2.04 bits per heavy atom. The van der Waals surface area contributed by atoms with Crippen molar-refractivity contribution in [3.63, 3.8) is 0 Å². The van der Waals surface area contributed by atoms with Crippen molar-refractivity contribution in [3.05, 3.63) is 28.7 Å². The molecule has 2 N–H and O–H groups in total. The van der Waals surface area contributed by atoms with Gasteiger partial charge in [0.15, 0.2) is 11.8 Å². The van der Waals surface area contributed by atoms with E-state index in [2.05, 4.69) is 37.8 Å². The quantitative estimate of drug-likeness (QED) is 0.610. The Labute approximate surface area is 136 Å². The molecule has 0 bridgehead atoms. The molecule has 0 spiro atoms. The summed E-state index contributed by atoms with van der Waals surface area (Å²) in [5, 5.41) is 14.7. The zero-order chi connectivity index (χ0) is 16.8. The van der Waals surface area contributed by atoms with Gasteiger partial charge in [-0.05, 0) is 27.7 Å². The van der Waals surface area contributed by atoms with Gasteiger partial charge >= 0.3 is 0 Å². The molecule has 0 saturated carbocycles. The first-order chi connectivity index (χ1) is 11.0. The molecule has 2 aromatic rings. The number of hydrogen-bond acceptors (Lipinski definition) is 5. The zero-order valence-electron chi connectivity index (χ0n) is 14.5. The van der Waals surface area contributed by atoms with Crippen LogP contribution in [0, 0.1) is 20.8 Å². The molecule has 0 aromatic carbocycles. The minimum atomic E-state index is 0.598. The van der Waals surface area contributed by atoms with Gasteiger partial charge in [-0.15, -0.1) is 0 Å². The minimum Gasteiger partial charge on any atom is -0.357 e. The number of hydrogen-bond donors (Lipinski definition) is 2. The molecular formula is C15H25N7O. The van der Waals surface area contributed by atoms with Crippen molar-refractivity contribution in [3.8, 4) is 0 Å². The van der Waals surface area contributed by atoms with E-state index in [-0.39, 0.29) is 0 Å². The standard InChI is InChI=1S/C15H25N7O/c1-6-16-15(17-8-7-14-19-12(4)21-23-14)18-9-13-10(2)20-22(5)11(13)3/h6-9H2,1-5H3,(H2,16,17,18). The molecule has 8 nitrogen and oxygen atoms in total. The molecule has 2 heterocycles. The first-order valence-corrected chi connectivity index (χ1v) is 7.81. The van der Waals surface area contributed by atoms with Gasteiger partial charge in [0.05, 0.1) is 12.2 Å². The lowest BCUT2D eigenvalue weighted by Crippen LogP contribution is -2.38. The zero-order valence-corrected chi connectivity index (χ0v) is 14.5. The number of aliphatic imine (C=N–C) groups is 1. The maximum Gasteiger partial charge on any atom is 0.228 e. The van der Waals surface area contributed by atoms with Crippen molar-refractivity contribution in [2.75, 3.05) is 13.1 Å². The van der Waals surface area contributed by atoms with Gasteiger partial charge in [-0.3, -0.25) is 4.68 Å². The molecule has 126 valence electrons. The largest absolute Gasteiger partial charge is 0.357 e.